The van der Waals surface area contributed by atoms with Gasteiger partial charge in [-0.25, -0.2) is 13.4 Å². The van der Waals surface area contributed by atoms with E-state index in [1.165, 1.54) is 10.7 Å². The molecule has 2 aliphatic carbocycles. The molecule has 3 aromatic rings. The van der Waals surface area contributed by atoms with Gasteiger partial charge in [0.1, 0.15) is 5.82 Å². The van der Waals surface area contributed by atoms with E-state index in [9.17, 15) is 13.2 Å². The zero-order valence-corrected chi connectivity index (χ0v) is 22.2. The van der Waals surface area contributed by atoms with Gasteiger partial charge in [0.2, 0.25) is 22.7 Å². The van der Waals surface area contributed by atoms with E-state index in [-0.39, 0.29) is 25.1 Å². The smallest absolute Gasteiger partial charge is 0.243 e. The zero-order chi connectivity index (χ0) is 26.3. The summed E-state index contributed by atoms with van der Waals surface area (Å²) < 4.78 is 38.8. The molecule has 6 rings (SSSR count). The second-order valence-electron chi connectivity index (χ2n) is 10.3. The number of hydrogen-bond donors (Lipinski definition) is 1. The van der Waals surface area contributed by atoms with Crippen molar-refractivity contribution >= 4 is 21.7 Å². The number of rotatable bonds is 7. The van der Waals surface area contributed by atoms with Gasteiger partial charge in [-0.1, -0.05) is 43.5 Å². The molecule has 1 amide bonds. The minimum Gasteiger partial charge on any atom is -0.454 e. The first-order valence-corrected chi connectivity index (χ1v) is 14.6. The van der Waals surface area contributed by atoms with Crippen molar-refractivity contribution in [2.75, 3.05) is 19.2 Å². The van der Waals surface area contributed by atoms with Crippen LogP contribution in [0.4, 0.5) is 5.82 Å². The fourth-order valence-corrected chi connectivity index (χ4v) is 6.89. The second-order valence-corrected chi connectivity index (χ2v) is 12.3. The van der Waals surface area contributed by atoms with Gasteiger partial charge in [-0.3, -0.25) is 4.79 Å². The third kappa shape index (κ3) is 4.54. The molecular weight excluding hydrogens is 502 g/mol. The third-order valence-electron chi connectivity index (χ3n) is 8.02. The first-order valence-electron chi connectivity index (χ1n) is 13.1. The van der Waals surface area contributed by atoms with E-state index < -0.39 is 15.4 Å². The van der Waals surface area contributed by atoms with Crippen LogP contribution in [0, 0.1) is 0 Å². The van der Waals surface area contributed by atoms with Crippen LogP contribution in [0.3, 0.4) is 0 Å². The molecule has 0 spiro atoms. The molecule has 2 saturated carbocycles. The van der Waals surface area contributed by atoms with Crippen LogP contribution in [0.2, 0.25) is 0 Å². The normalized spacial score (nSPS) is 18.4. The monoisotopic (exact) mass is 535 g/mol. The van der Waals surface area contributed by atoms with Crippen LogP contribution in [-0.4, -0.2) is 43.5 Å². The van der Waals surface area contributed by atoms with Gasteiger partial charge >= 0.3 is 0 Å². The lowest BCUT2D eigenvalue weighted by molar-refractivity contribution is -0.118. The van der Waals surface area contributed by atoms with Crippen molar-refractivity contribution < 1.29 is 24.1 Å². The summed E-state index contributed by atoms with van der Waals surface area (Å²) in [6.45, 7) is 0.193. The van der Waals surface area contributed by atoms with Gasteiger partial charge in [0, 0.05) is 20.1 Å². The van der Waals surface area contributed by atoms with Crippen LogP contribution in [0.15, 0.2) is 65.6 Å². The number of fused-ring (bicyclic) bond motifs is 1. The fourth-order valence-electron chi connectivity index (χ4n) is 5.47. The van der Waals surface area contributed by atoms with Gasteiger partial charge < -0.3 is 14.8 Å². The number of amides is 1. The van der Waals surface area contributed by atoms with Gasteiger partial charge in [0.15, 0.2) is 11.5 Å². The topological polar surface area (TPSA) is 97.8 Å². The van der Waals surface area contributed by atoms with Gasteiger partial charge in [0.25, 0.3) is 0 Å². The molecule has 1 aliphatic heterocycles. The minimum absolute atomic E-state index is 0. The SMILES string of the molecule is CN(C1CCCCC1)S(=O)(=O)c1ccc(-c2cccc(NC(=O)C3(c4ccc5c(c4)OCO5)CC3)n2)cc1.[HH]. The number of anilines is 1. The molecule has 200 valence electrons. The standard InChI is InChI=1S/C29H31N3O5S.H2/c1-32(22-6-3-2-4-7-22)38(34,35)23-13-10-20(11-14-23)24-8-5-9-27(30-24)31-28(33)29(16-17-29)21-12-15-25-26(18-21)37-19-36-25;/h5,8-15,18,22H,2-4,6-7,16-17,19H2,1H3,(H,30,31,33);1H. The summed E-state index contributed by atoms with van der Waals surface area (Å²) in [6, 6.07) is 18.0. The first kappa shape index (κ1) is 24.9. The van der Waals surface area contributed by atoms with Gasteiger partial charge in [0.05, 0.1) is 16.0 Å². The van der Waals surface area contributed by atoms with Crippen molar-refractivity contribution in [2.45, 2.75) is 61.3 Å². The number of sulfonamides is 1. The van der Waals surface area contributed by atoms with E-state index in [0.29, 0.717) is 23.0 Å². The third-order valence-corrected chi connectivity index (χ3v) is 9.94. The van der Waals surface area contributed by atoms with Crippen molar-refractivity contribution in [3.8, 4) is 22.8 Å². The van der Waals surface area contributed by atoms with E-state index in [0.717, 1.165) is 49.7 Å². The van der Waals surface area contributed by atoms with Crippen LogP contribution in [0.1, 0.15) is 51.9 Å². The van der Waals surface area contributed by atoms with E-state index in [1.807, 2.05) is 30.3 Å². The Morgan fingerprint density at radius 1 is 1.00 bits per heavy atom. The van der Waals surface area contributed by atoms with E-state index in [2.05, 4.69) is 10.3 Å². The highest BCUT2D eigenvalue weighted by Gasteiger charge is 2.51. The Bertz CT molecular complexity index is 1470. The Hall–Kier alpha value is -3.43. The van der Waals surface area contributed by atoms with Gasteiger partial charge in [-0.15, -0.1) is 0 Å². The lowest BCUT2D eigenvalue weighted by atomic mass is 9.94. The molecular formula is C29H33N3O5S. The Kier molecular flexibility index (Phi) is 6.36. The first-order chi connectivity index (χ1) is 18.4. The maximum absolute atomic E-state index is 13.3. The minimum atomic E-state index is -3.56. The largest absolute Gasteiger partial charge is 0.454 e. The molecule has 2 heterocycles. The molecule has 0 bridgehead atoms. The molecule has 0 saturated heterocycles. The van der Waals surface area contributed by atoms with Crippen molar-refractivity contribution in [1.29, 1.82) is 0 Å². The number of hydrogen-bond acceptors (Lipinski definition) is 6. The summed E-state index contributed by atoms with van der Waals surface area (Å²) in [6.07, 6.45) is 6.63. The summed E-state index contributed by atoms with van der Waals surface area (Å²) in [7, 11) is -1.88. The predicted octanol–water partition coefficient (Wildman–Crippen LogP) is 5.35. The molecule has 9 heteroatoms. The molecule has 2 aromatic carbocycles. The highest BCUT2D eigenvalue weighted by Crippen LogP contribution is 2.51. The summed E-state index contributed by atoms with van der Waals surface area (Å²) in [5.74, 6) is 1.71. The molecule has 0 unspecified atom stereocenters. The molecule has 1 aromatic heterocycles. The number of carbonyl (C=O) groups is 1. The van der Waals surface area contributed by atoms with Crippen molar-refractivity contribution in [2.24, 2.45) is 0 Å². The maximum atomic E-state index is 13.3. The molecule has 38 heavy (non-hydrogen) atoms. The summed E-state index contributed by atoms with van der Waals surface area (Å²) >= 11 is 0. The van der Waals surface area contributed by atoms with Crippen molar-refractivity contribution in [3.05, 3.63) is 66.2 Å². The molecule has 3 aliphatic rings. The summed E-state index contributed by atoms with van der Waals surface area (Å²) in [4.78, 5) is 18.2. The number of nitrogens with zero attached hydrogens (tertiary/aromatic N) is 2. The van der Waals surface area contributed by atoms with Crippen LogP contribution < -0.4 is 14.8 Å². The van der Waals surface area contributed by atoms with Crippen LogP contribution in [0.25, 0.3) is 11.3 Å². The van der Waals surface area contributed by atoms with Gasteiger partial charge in [-0.05, 0) is 67.6 Å². The van der Waals surface area contributed by atoms with Crippen LogP contribution in [0.5, 0.6) is 11.5 Å². The number of carbonyl (C=O) groups excluding carboxylic acids is 1. The Morgan fingerprint density at radius 2 is 1.74 bits per heavy atom. The Morgan fingerprint density at radius 3 is 2.47 bits per heavy atom. The number of nitrogens with one attached hydrogen (secondary N) is 1. The number of aromatic nitrogens is 1. The van der Waals surface area contributed by atoms with E-state index in [4.69, 9.17) is 9.47 Å². The zero-order valence-electron chi connectivity index (χ0n) is 21.4. The Labute approximate surface area is 224 Å². The molecule has 1 N–H and O–H groups in total. The van der Waals surface area contributed by atoms with Crippen molar-refractivity contribution in [3.63, 3.8) is 0 Å². The predicted molar refractivity (Wildman–Crippen MR) is 146 cm³/mol. The summed E-state index contributed by atoms with van der Waals surface area (Å²) in [5.41, 5.74) is 1.74. The average Bonchev–Trinajstić information content (AvgIpc) is 3.64. The number of benzene rings is 2. The molecule has 0 atom stereocenters. The van der Waals surface area contributed by atoms with Crippen LogP contribution >= 0.6 is 0 Å². The number of ether oxygens (including phenoxy) is 2. The maximum Gasteiger partial charge on any atom is 0.243 e. The Balaban J connectivity index is 0.00000308. The quantitative estimate of drug-likeness (QED) is 0.438. The molecule has 2 fully saturated rings. The van der Waals surface area contributed by atoms with E-state index in [1.54, 1.807) is 37.4 Å². The highest BCUT2D eigenvalue weighted by molar-refractivity contribution is 7.89. The molecule has 0 radical (unpaired) electrons. The lowest BCUT2D eigenvalue weighted by Crippen LogP contribution is -2.38. The van der Waals surface area contributed by atoms with E-state index >= 15 is 0 Å². The van der Waals surface area contributed by atoms with Crippen molar-refractivity contribution in [1.82, 2.24) is 9.29 Å². The highest BCUT2D eigenvalue weighted by atomic mass is 32.2. The van der Waals surface area contributed by atoms with Crippen LogP contribution in [-0.2, 0) is 20.2 Å². The number of pyridine rings is 1. The fraction of sp³-hybridized carbons (Fsp3) is 0.379. The lowest BCUT2D eigenvalue weighted by Gasteiger charge is -2.30. The van der Waals surface area contributed by atoms with Gasteiger partial charge in [-0.2, -0.15) is 4.31 Å². The molecule has 8 nitrogen and oxygen atoms in total. The average molecular weight is 536 g/mol. The second kappa shape index (κ2) is 9.71. The summed E-state index contributed by atoms with van der Waals surface area (Å²) in [5, 5.41) is 2.98.